The van der Waals surface area contributed by atoms with Crippen LogP contribution in [0.25, 0.3) is 0 Å². The van der Waals surface area contributed by atoms with Crippen LogP contribution in [0.15, 0.2) is 47.5 Å². The number of hydrogen-bond donors (Lipinski definition) is 1. The number of aliphatic imine (C=N–C) groups is 1. The highest BCUT2D eigenvalue weighted by molar-refractivity contribution is 6.47. The molecule has 0 unspecified atom stereocenters. The standard InChI is InChI=1S/C22H20ClF2N3O2/c23-17-12-16(8-9-18(17)25)26-19(29)13-28-21(30)20(14-4-6-15(24)7-5-14)27-22(28)10-2-1-3-11-22/h4-9,12H,1-3,10-11,13H2,(H,26,29). The molecule has 1 saturated carbocycles. The number of benzene rings is 2. The highest BCUT2D eigenvalue weighted by atomic mass is 35.5. The lowest BCUT2D eigenvalue weighted by Gasteiger charge is -2.38. The van der Waals surface area contributed by atoms with Gasteiger partial charge in [0.1, 0.15) is 29.6 Å². The molecule has 2 aliphatic rings. The molecule has 0 aromatic heterocycles. The molecule has 0 bridgehead atoms. The summed E-state index contributed by atoms with van der Waals surface area (Å²) in [6.45, 7) is -0.192. The molecule has 5 nitrogen and oxygen atoms in total. The lowest BCUT2D eigenvalue weighted by atomic mass is 9.88. The van der Waals surface area contributed by atoms with E-state index in [1.165, 1.54) is 41.3 Å². The molecule has 156 valence electrons. The van der Waals surface area contributed by atoms with Crippen molar-refractivity contribution in [1.29, 1.82) is 0 Å². The Morgan fingerprint density at radius 3 is 2.47 bits per heavy atom. The summed E-state index contributed by atoms with van der Waals surface area (Å²) in [4.78, 5) is 32.1. The van der Waals surface area contributed by atoms with Gasteiger partial charge in [0.05, 0.1) is 5.02 Å². The monoisotopic (exact) mass is 431 g/mol. The lowest BCUT2D eigenvalue weighted by molar-refractivity contribution is -0.134. The molecule has 1 fully saturated rings. The van der Waals surface area contributed by atoms with E-state index in [0.29, 0.717) is 24.1 Å². The van der Waals surface area contributed by atoms with Crippen LogP contribution in [0.4, 0.5) is 14.5 Å². The fourth-order valence-corrected chi connectivity index (χ4v) is 4.25. The first-order valence-corrected chi connectivity index (χ1v) is 10.2. The SMILES string of the molecule is O=C(CN1C(=O)C(c2ccc(F)cc2)=NC12CCCCC2)Nc1ccc(F)c(Cl)c1. The lowest BCUT2D eigenvalue weighted by Crippen LogP contribution is -2.51. The van der Waals surface area contributed by atoms with Crippen molar-refractivity contribution in [3.63, 3.8) is 0 Å². The molecule has 4 rings (SSSR count). The fourth-order valence-electron chi connectivity index (χ4n) is 4.07. The quantitative estimate of drug-likeness (QED) is 0.772. The van der Waals surface area contributed by atoms with Gasteiger partial charge in [-0.05, 0) is 68.1 Å². The van der Waals surface area contributed by atoms with E-state index in [1.54, 1.807) is 0 Å². The fraction of sp³-hybridized carbons (Fsp3) is 0.318. The molecule has 30 heavy (non-hydrogen) atoms. The summed E-state index contributed by atoms with van der Waals surface area (Å²) in [6.07, 6.45) is 4.18. The molecule has 1 N–H and O–H groups in total. The van der Waals surface area contributed by atoms with E-state index in [1.807, 2.05) is 0 Å². The van der Waals surface area contributed by atoms with Crippen LogP contribution >= 0.6 is 11.6 Å². The first-order valence-electron chi connectivity index (χ1n) is 9.81. The third kappa shape index (κ3) is 3.94. The molecular formula is C22H20ClF2N3O2. The zero-order chi connectivity index (χ0) is 21.3. The number of amides is 2. The summed E-state index contributed by atoms with van der Waals surface area (Å²) in [5.74, 6) is -1.75. The van der Waals surface area contributed by atoms with Gasteiger partial charge in [-0.15, -0.1) is 0 Å². The normalized spacial score (nSPS) is 17.9. The van der Waals surface area contributed by atoms with Gasteiger partial charge in [-0.25, -0.2) is 8.78 Å². The summed E-state index contributed by atoms with van der Waals surface area (Å²) >= 11 is 5.77. The summed E-state index contributed by atoms with van der Waals surface area (Å²) in [5, 5.41) is 2.56. The van der Waals surface area contributed by atoms with Crippen LogP contribution in [0.2, 0.25) is 5.02 Å². The van der Waals surface area contributed by atoms with Crippen LogP contribution in [-0.2, 0) is 9.59 Å². The van der Waals surface area contributed by atoms with Gasteiger partial charge in [0.2, 0.25) is 5.91 Å². The van der Waals surface area contributed by atoms with Crippen LogP contribution in [0.1, 0.15) is 37.7 Å². The first-order chi connectivity index (χ1) is 14.4. The first kappa shape index (κ1) is 20.5. The maximum atomic E-state index is 13.3. The Hall–Kier alpha value is -2.80. The van der Waals surface area contributed by atoms with E-state index in [4.69, 9.17) is 16.6 Å². The summed E-state index contributed by atoms with van der Waals surface area (Å²) < 4.78 is 26.7. The predicted molar refractivity (Wildman–Crippen MR) is 111 cm³/mol. The average molecular weight is 432 g/mol. The van der Waals surface area contributed by atoms with Crippen molar-refractivity contribution in [3.8, 4) is 0 Å². The highest BCUT2D eigenvalue weighted by Gasteiger charge is 2.48. The molecule has 2 amide bonds. The van der Waals surface area contributed by atoms with E-state index in [9.17, 15) is 18.4 Å². The Morgan fingerprint density at radius 2 is 1.80 bits per heavy atom. The van der Waals surface area contributed by atoms with Crippen molar-refractivity contribution in [3.05, 3.63) is 64.7 Å². The second-order valence-electron chi connectivity index (χ2n) is 7.58. The van der Waals surface area contributed by atoms with Gasteiger partial charge < -0.3 is 10.2 Å². The van der Waals surface area contributed by atoms with Crippen LogP contribution in [-0.4, -0.2) is 34.6 Å². The molecule has 0 atom stereocenters. The van der Waals surface area contributed by atoms with Gasteiger partial charge in [0.25, 0.3) is 5.91 Å². The molecule has 1 aliphatic carbocycles. The van der Waals surface area contributed by atoms with E-state index in [2.05, 4.69) is 5.32 Å². The van der Waals surface area contributed by atoms with E-state index in [0.717, 1.165) is 25.3 Å². The molecule has 2 aromatic carbocycles. The van der Waals surface area contributed by atoms with Crippen LogP contribution in [0, 0.1) is 11.6 Å². The van der Waals surface area contributed by atoms with Gasteiger partial charge in [0.15, 0.2) is 0 Å². The zero-order valence-corrected chi connectivity index (χ0v) is 16.9. The maximum Gasteiger partial charge on any atom is 0.275 e. The molecule has 0 saturated heterocycles. The minimum atomic E-state index is -0.767. The number of hydrogen-bond acceptors (Lipinski definition) is 3. The Kier molecular flexibility index (Phi) is 5.56. The second-order valence-corrected chi connectivity index (χ2v) is 7.99. The molecule has 1 spiro atoms. The third-order valence-electron chi connectivity index (χ3n) is 5.55. The largest absolute Gasteiger partial charge is 0.324 e. The van der Waals surface area contributed by atoms with E-state index in [-0.39, 0.29) is 23.2 Å². The maximum absolute atomic E-state index is 13.3. The van der Waals surface area contributed by atoms with Gasteiger partial charge in [-0.2, -0.15) is 0 Å². The van der Waals surface area contributed by atoms with E-state index >= 15 is 0 Å². The topological polar surface area (TPSA) is 61.8 Å². The second kappa shape index (κ2) is 8.14. The van der Waals surface area contributed by atoms with Crippen molar-refractivity contribution in [2.24, 2.45) is 4.99 Å². The number of nitrogens with one attached hydrogen (secondary N) is 1. The molecule has 8 heteroatoms. The average Bonchev–Trinajstić information content (AvgIpc) is 2.98. The molecule has 2 aromatic rings. The minimum absolute atomic E-state index is 0.101. The van der Waals surface area contributed by atoms with Gasteiger partial charge in [0, 0.05) is 11.3 Å². The molecule has 1 heterocycles. The number of nitrogens with zero attached hydrogens (tertiary/aromatic N) is 2. The molecular weight excluding hydrogens is 412 g/mol. The molecule has 0 radical (unpaired) electrons. The Bertz CT molecular complexity index is 1020. The Balaban J connectivity index is 1.57. The third-order valence-corrected chi connectivity index (χ3v) is 5.84. The van der Waals surface area contributed by atoms with Crippen molar-refractivity contribution >= 4 is 34.8 Å². The number of anilines is 1. The zero-order valence-electron chi connectivity index (χ0n) is 16.1. The minimum Gasteiger partial charge on any atom is -0.324 e. The number of rotatable bonds is 4. The Labute approximate surface area is 177 Å². The van der Waals surface area contributed by atoms with Gasteiger partial charge in [-0.3, -0.25) is 14.6 Å². The van der Waals surface area contributed by atoms with Crippen molar-refractivity contribution in [1.82, 2.24) is 4.90 Å². The van der Waals surface area contributed by atoms with Gasteiger partial charge >= 0.3 is 0 Å². The summed E-state index contributed by atoms with van der Waals surface area (Å²) in [5.41, 5.74) is 0.348. The number of halogens is 3. The van der Waals surface area contributed by atoms with Crippen LogP contribution < -0.4 is 5.32 Å². The predicted octanol–water partition coefficient (Wildman–Crippen LogP) is 4.55. The summed E-state index contributed by atoms with van der Waals surface area (Å²) in [6, 6.07) is 9.49. The highest BCUT2D eigenvalue weighted by Crippen LogP contribution is 2.39. The van der Waals surface area contributed by atoms with E-state index < -0.39 is 23.2 Å². The molecule has 1 aliphatic heterocycles. The van der Waals surface area contributed by atoms with Crippen LogP contribution in [0.3, 0.4) is 0 Å². The Morgan fingerprint density at radius 1 is 1.10 bits per heavy atom. The summed E-state index contributed by atoms with van der Waals surface area (Å²) in [7, 11) is 0. The number of carbonyl (C=O) groups excluding carboxylic acids is 2. The van der Waals surface area contributed by atoms with Crippen molar-refractivity contribution < 1.29 is 18.4 Å². The number of carbonyl (C=O) groups is 2. The van der Waals surface area contributed by atoms with Crippen LogP contribution in [0.5, 0.6) is 0 Å². The van der Waals surface area contributed by atoms with Gasteiger partial charge in [-0.1, -0.05) is 18.0 Å². The smallest absolute Gasteiger partial charge is 0.275 e. The van der Waals surface area contributed by atoms with Crippen molar-refractivity contribution in [2.45, 2.75) is 37.8 Å². The van der Waals surface area contributed by atoms with Crippen molar-refractivity contribution in [2.75, 3.05) is 11.9 Å².